The van der Waals surface area contributed by atoms with Crippen LogP contribution in [0.25, 0.3) is 5.69 Å². The second-order valence-corrected chi connectivity index (χ2v) is 5.76. The van der Waals surface area contributed by atoms with Crippen molar-refractivity contribution < 1.29 is 4.79 Å². The molecule has 0 spiro atoms. The Morgan fingerprint density at radius 1 is 1.30 bits per heavy atom. The van der Waals surface area contributed by atoms with Crippen molar-refractivity contribution in [1.82, 2.24) is 20.4 Å². The molecular formula is C17H23ClN4O. The summed E-state index contributed by atoms with van der Waals surface area (Å²) in [5.41, 5.74) is 1.90. The van der Waals surface area contributed by atoms with E-state index in [4.69, 9.17) is 0 Å². The maximum Gasteiger partial charge on any atom is 0.220 e. The van der Waals surface area contributed by atoms with Crippen molar-refractivity contribution in [2.45, 2.75) is 25.8 Å². The number of hydrogen-bond acceptors (Lipinski definition) is 3. The van der Waals surface area contributed by atoms with Gasteiger partial charge in [0.1, 0.15) is 0 Å². The zero-order chi connectivity index (χ0) is 15.2. The summed E-state index contributed by atoms with van der Waals surface area (Å²) in [5, 5.41) is 10.8. The van der Waals surface area contributed by atoms with Gasteiger partial charge in [0, 0.05) is 12.6 Å². The summed E-state index contributed by atoms with van der Waals surface area (Å²) in [6.45, 7) is 2.62. The summed E-state index contributed by atoms with van der Waals surface area (Å²) in [4.78, 5) is 11.9. The van der Waals surface area contributed by atoms with Gasteiger partial charge < -0.3 is 10.6 Å². The first-order chi connectivity index (χ1) is 10.8. The van der Waals surface area contributed by atoms with Gasteiger partial charge in [0.25, 0.3) is 0 Å². The van der Waals surface area contributed by atoms with Gasteiger partial charge in [-0.3, -0.25) is 4.79 Å². The van der Waals surface area contributed by atoms with Gasteiger partial charge in [0.15, 0.2) is 0 Å². The number of rotatable bonds is 6. The molecule has 2 heterocycles. The Hall–Kier alpha value is -1.85. The van der Waals surface area contributed by atoms with Crippen molar-refractivity contribution in [2.24, 2.45) is 5.92 Å². The fourth-order valence-corrected chi connectivity index (χ4v) is 2.75. The van der Waals surface area contributed by atoms with Crippen molar-refractivity contribution in [3.8, 4) is 5.69 Å². The van der Waals surface area contributed by atoms with Gasteiger partial charge in [-0.25, -0.2) is 4.68 Å². The third-order valence-corrected chi connectivity index (χ3v) is 4.07. The van der Waals surface area contributed by atoms with E-state index in [0.29, 0.717) is 18.9 Å². The van der Waals surface area contributed by atoms with E-state index < -0.39 is 0 Å². The lowest BCUT2D eigenvalue weighted by Crippen LogP contribution is -2.23. The third-order valence-electron chi connectivity index (χ3n) is 4.07. The molecule has 3 rings (SSSR count). The largest absolute Gasteiger partial charge is 0.350 e. The maximum absolute atomic E-state index is 11.9. The van der Waals surface area contributed by atoms with E-state index in [1.54, 1.807) is 0 Å². The van der Waals surface area contributed by atoms with Crippen LogP contribution in [0.3, 0.4) is 0 Å². The second-order valence-electron chi connectivity index (χ2n) is 5.76. The molecule has 1 aliphatic rings. The number of hydrogen-bond donors (Lipinski definition) is 2. The number of carbonyl (C=O) groups excluding carboxylic acids is 1. The highest BCUT2D eigenvalue weighted by Gasteiger charge is 2.15. The molecule has 1 aromatic heterocycles. The van der Waals surface area contributed by atoms with E-state index in [1.165, 1.54) is 6.42 Å². The molecule has 6 heteroatoms. The van der Waals surface area contributed by atoms with Gasteiger partial charge in [0.05, 0.1) is 17.9 Å². The van der Waals surface area contributed by atoms with E-state index in [0.717, 1.165) is 30.9 Å². The van der Waals surface area contributed by atoms with Crippen LogP contribution in [0.2, 0.25) is 0 Å². The van der Waals surface area contributed by atoms with Gasteiger partial charge >= 0.3 is 0 Å². The minimum Gasteiger partial charge on any atom is -0.350 e. The summed E-state index contributed by atoms with van der Waals surface area (Å²) in [6.07, 6.45) is 4.68. The standard InChI is InChI=1S/C17H22N4O.ClH/c22-17(7-6-14-8-10-18-12-14)19-13-15-9-11-21(20-15)16-4-2-1-3-5-16;/h1-5,9,11,14,18H,6-8,10,12-13H2,(H,19,22);1H. The molecule has 23 heavy (non-hydrogen) atoms. The number of carbonyl (C=O) groups is 1. The fourth-order valence-electron chi connectivity index (χ4n) is 2.75. The Bertz CT molecular complexity index is 608. The number of aromatic nitrogens is 2. The molecule has 0 radical (unpaired) electrons. The smallest absolute Gasteiger partial charge is 0.220 e. The Balaban J connectivity index is 0.00000192. The molecule has 5 nitrogen and oxygen atoms in total. The lowest BCUT2D eigenvalue weighted by atomic mass is 10.0. The van der Waals surface area contributed by atoms with Crippen molar-refractivity contribution >= 4 is 18.3 Å². The molecule has 1 atom stereocenters. The lowest BCUT2D eigenvalue weighted by Gasteiger charge is -2.07. The molecule has 1 aromatic carbocycles. The minimum atomic E-state index is 0. The van der Waals surface area contributed by atoms with E-state index in [1.807, 2.05) is 47.3 Å². The van der Waals surface area contributed by atoms with Crippen LogP contribution in [-0.4, -0.2) is 28.8 Å². The van der Waals surface area contributed by atoms with E-state index in [2.05, 4.69) is 15.7 Å². The SMILES string of the molecule is Cl.O=C(CCC1CCNC1)NCc1ccn(-c2ccccc2)n1. The maximum atomic E-state index is 11.9. The first kappa shape index (κ1) is 17.5. The second kappa shape index (κ2) is 8.70. The van der Waals surface area contributed by atoms with Crippen LogP contribution in [0.5, 0.6) is 0 Å². The van der Waals surface area contributed by atoms with Gasteiger partial charge in [0.2, 0.25) is 5.91 Å². The van der Waals surface area contributed by atoms with Crippen LogP contribution >= 0.6 is 12.4 Å². The number of para-hydroxylation sites is 1. The molecule has 0 saturated carbocycles. The Kier molecular flexibility index (Phi) is 6.62. The van der Waals surface area contributed by atoms with Crippen LogP contribution in [0.15, 0.2) is 42.6 Å². The highest BCUT2D eigenvalue weighted by Crippen LogP contribution is 2.14. The first-order valence-electron chi connectivity index (χ1n) is 7.88. The molecule has 0 bridgehead atoms. The Morgan fingerprint density at radius 3 is 2.87 bits per heavy atom. The number of benzene rings is 1. The highest BCUT2D eigenvalue weighted by atomic mass is 35.5. The Labute approximate surface area is 142 Å². The summed E-state index contributed by atoms with van der Waals surface area (Å²) in [7, 11) is 0. The zero-order valence-corrected chi connectivity index (χ0v) is 13.9. The summed E-state index contributed by atoms with van der Waals surface area (Å²) < 4.78 is 1.83. The van der Waals surface area contributed by atoms with Gasteiger partial charge in [-0.15, -0.1) is 12.4 Å². The van der Waals surface area contributed by atoms with Gasteiger partial charge in [-0.1, -0.05) is 18.2 Å². The molecule has 1 fully saturated rings. The average molecular weight is 335 g/mol. The predicted molar refractivity (Wildman–Crippen MR) is 92.9 cm³/mol. The van der Waals surface area contributed by atoms with E-state index in [9.17, 15) is 4.79 Å². The quantitative estimate of drug-likeness (QED) is 0.852. The predicted octanol–water partition coefficient (Wildman–Crippen LogP) is 2.30. The zero-order valence-electron chi connectivity index (χ0n) is 13.1. The van der Waals surface area contributed by atoms with Crippen LogP contribution in [0.4, 0.5) is 0 Å². The molecule has 1 saturated heterocycles. The van der Waals surface area contributed by atoms with Crippen molar-refractivity contribution in [1.29, 1.82) is 0 Å². The molecule has 2 N–H and O–H groups in total. The molecule has 1 aliphatic heterocycles. The highest BCUT2D eigenvalue weighted by molar-refractivity contribution is 5.85. The molecule has 1 unspecified atom stereocenters. The number of halogens is 1. The van der Waals surface area contributed by atoms with E-state index in [-0.39, 0.29) is 18.3 Å². The van der Waals surface area contributed by atoms with Crippen LogP contribution in [-0.2, 0) is 11.3 Å². The number of nitrogens with one attached hydrogen (secondary N) is 2. The molecular weight excluding hydrogens is 312 g/mol. The van der Waals surface area contributed by atoms with E-state index >= 15 is 0 Å². The number of nitrogens with zero attached hydrogens (tertiary/aromatic N) is 2. The lowest BCUT2D eigenvalue weighted by molar-refractivity contribution is -0.121. The monoisotopic (exact) mass is 334 g/mol. The fraction of sp³-hybridized carbons (Fsp3) is 0.412. The normalized spacial score (nSPS) is 16.8. The van der Waals surface area contributed by atoms with Crippen molar-refractivity contribution in [2.75, 3.05) is 13.1 Å². The van der Waals surface area contributed by atoms with Gasteiger partial charge in [-0.05, 0) is 50.0 Å². The molecule has 1 amide bonds. The van der Waals surface area contributed by atoms with Crippen LogP contribution < -0.4 is 10.6 Å². The van der Waals surface area contributed by atoms with Gasteiger partial charge in [-0.2, -0.15) is 5.10 Å². The van der Waals surface area contributed by atoms with Crippen LogP contribution in [0, 0.1) is 5.92 Å². The molecule has 0 aliphatic carbocycles. The first-order valence-corrected chi connectivity index (χ1v) is 7.88. The minimum absolute atomic E-state index is 0. The van der Waals surface area contributed by atoms with Crippen molar-refractivity contribution in [3.05, 3.63) is 48.3 Å². The van der Waals surface area contributed by atoms with Crippen molar-refractivity contribution in [3.63, 3.8) is 0 Å². The summed E-state index contributed by atoms with van der Waals surface area (Å²) in [5.74, 6) is 0.768. The average Bonchev–Trinajstić information content (AvgIpc) is 3.23. The Morgan fingerprint density at radius 2 is 2.13 bits per heavy atom. The topological polar surface area (TPSA) is 59.0 Å². The molecule has 2 aromatic rings. The molecule has 124 valence electrons. The summed E-state index contributed by atoms with van der Waals surface area (Å²) in [6, 6.07) is 11.9. The number of amides is 1. The van der Waals surface area contributed by atoms with Crippen LogP contribution in [0.1, 0.15) is 25.0 Å². The summed E-state index contributed by atoms with van der Waals surface area (Å²) >= 11 is 0. The third kappa shape index (κ3) is 5.08.